The molecule has 0 atom stereocenters. The lowest BCUT2D eigenvalue weighted by Crippen LogP contribution is -2.48. The van der Waals surface area contributed by atoms with Crippen LogP contribution in [0.2, 0.25) is 0 Å². The highest BCUT2D eigenvalue weighted by Gasteiger charge is 2.56. The van der Waals surface area contributed by atoms with Gasteiger partial charge in [0.2, 0.25) is 0 Å². The number of hydrogen-bond donors (Lipinski definition) is 0. The van der Waals surface area contributed by atoms with Crippen LogP contribution < -0.4 is 0 Å². The molecular weight excluding hydrogens is 352 g/mol. The molecule has 0 unspecified atom stereocenters. The van der Waals surface area contributed by atoms with Crippen LogP contribution in [0.3, 0.4) is 0 Å². The van der Waals surface area contributed by atoms with E-state index in [1.165, 1.54) is 14.2 Å². The number of hydrogen-bond acceptors (Lipinski definition) is 4. The van der Waals surface area contributed by atoms with Crippen LogP contribution in [-0.2, 0) is 24.5 Å². The molecule has 0 aromatic heterocycles. The third-order valence-electron chi connectivity index (χ3n) is 5.44. The number of rotatable bonds is 3. The number of methoxy groups -OCH3 is 2. The van der Waals surface area contributed by atoms with E-state index in [-0.39, 0.29) is 17.4 Å². The monoisotopic (exact) mass is 368 g/mol. The summed E-state index contributed by atoms with van der Waals surface area (Å²) in [6.07, 6.45) is 0. The van der Waals surface area contributed by atoms with Crippen molar-refractivity contribution in [3.05, 3.63) is 81.9 Å². The smallest absolute Gasteiger partial charge is 0.335 e. The molecule has 132 valence electrons. The number of carbonyl (C=O) groups is 2. The Hall–Kier alpha value is -2.59. The Labute approximate surface area is 156 Å². The molecule has 0 N–H and O–H groups in total. The van der Waals surface area contributed by atoms with Gasteiger partial charge in [0.15, 0.2) is 0 Å². The topological polar surface area (TPSA) is 52.6 Å². The first-order chi connectivity index (χ1) is 12.6. The molecule has 3 aliphatic carbocycles. The summed E-state index contributed by atoms with van der Waals surface area (Å²) in [5.41, 5.74) is 3.47. The van der Waals surface area contributed by atoms with Crippen LogP contribution in [0.25, 0.3) is 0 Å². The molecule has 0 saturated carbocycles. The summed E-state index contributed by atoms with van der Waals surface area (Å²) in [5.74, 6) is -1.36. The van der Waals surface area contributed by atoms with E-state index in [0.717, 1.165) is 22.3 Å². The van der Waals surface area contributed by atoms with Crippen molar-refractivity contribution in [2.24, 2.45) is 0 Å². The van der Waals surface area contributed by atoms with E-state index in [9.17, 15) is 9.59 Å². The molecule has 0 aliphatic heterocycles. The number of alkyl halides is 1. The SMILES string of the molecule is COC(=O)C1=C(C(=O)OC)C2(CCl)c3ccccc3C1c1ccccc12. The van der Waals surface area contributed by atoms with Crippen molar-refractivity contribution < 1.29 is 19.1 Å². The van der Waals surface area contributed by atoms with Crippen molar-refractivity contribution >= 4 is 23.5 Å². The van der Waals surface area contributed by atoms with Crippen LogP contribution in [-0.4, -0.2) is 32.0 Å². The Kier molecular flexibility index (Phi) is 3.88. The molecule has 2 aromatic carbocycles. The van der Waals surface area contributed by atoms with Gasteiger partial charge in [-0.25, -0.2) is 9.59 Å². The van der Waals surface area contributed by atoms with Crippen molar-refractivity contribution in [3.8, 4) is 0 Å². The fourth-order valence-corrected chi connectivity index (χ4v) is 4.89. The van der Waals surface area contributed by atoms with Gasteiger partial charge in [0.25, 0.3) is 0 Å². The summed E-state index contributed by atoms with van der Waals surface area (Å²) in [6, 6.07) is 15.6. The number of carbonyl (C=O) groups excluding carboxylic acids is 2. The maximum Gasteiger partial charge on any atom is 0.335 e. The summed E-state index contributed by atoms with van der Waals surface area (Å²) >= 11 is 6.53. The molecule has 4 nitrogen and oxygen atoms in total. The van der Waals surface area contributed by atoms with Crippen LogP contribution in [0, 0.1) is 0 Å². The highest BCUT2D eigenvalue weighted by atomic mass is 35.5. The van der Waals surface area contributed by atoms with Crippen molar-refractivity contribution in [1.29, 1.82) is 0 Å². The lowest BCUT2D eigenvalue weighted by atomic mass is 9.53. The summed E-state index contributed by atoms with van der Waals surface area (Å²) < 4.78 is 10.1. The lowest BCUT2D eigenvalue weighted by Gasteiger charge is -2.49. The molecule has 0 fully saturated rings. The van der Waals surface area contributed by atoms with Crippen LogP contribution in [0.5, 0.6) is 0 Å². The first-order valence-corrected chi connectivity index (χ1v) is 8.81. The maximum absolute atomic E-state index is 12.8. The second-order valence-corrected chi connectivity index (χ2v) is 6.69. The second-order valence-electron chi connectivity index (χ2n) is 6.42. The average Bonchev–Trinajstić information content (AvgIpc) is 2.71. The van der Waals surface area contributed by atoms with Gasteiger partial charge in [-0.05, 0) is 22.3 Å². The van der Waals surface area contributed by atoms with Crippen molar-refractivity contribution in [1.82, 2.24) is 0 Å². The van der Waals surface area contributed by atoms with E-state index in [1.54, 1.807) is 0 Å². The van der Waals surface area contributed by atoms with Crippen molar-refractivity contribution in [2.75, 3.05) is 20.1 Å². The first kappa shape index (κ1) is 16.9. The van der Waals surface area contributed by atoms with E-state index in [4.69, 9.17) is 21.1 Å². The van der Waals surface area contributed by atoms with Gasteiger partial charge in [-0.3, -0.25) is 0 Å². The molecule has 0 heterocycles. The average molecular weight is 369 g/mol. The predicted octanol–water partition coefficient (Wildman–Crippen LogP) is 3.31. The highest BCUT2D eigenvalue weighted by molar-refractivity contribution is 6.21. The summed E-state index contributed by atoms with van der Waals surface area (Å²) in [4.78, 5) is 25.6. The van der Waals surface area contributed by atoms with Crippen LogP contribution in [0.4, 0.5) is 0 Å². The van der Waals surface area contributed by atoms with Gasteiger partial charge in [-0.15, -0.1) is 11.6 Å². The Morgan fingerprint density at radius 1 is 0.923 bits per heavy atom. The lowest BCUT2D eigenvalue weighted by molar-refractivity contribution is -0.140. The van der Waals surface area contributed by atoms with E-state index in [0.29, 0.717) is 5.57 Å². The summed E-state index contributed by atoms with van der Waals surface area (Å²) in [7, 11) is 2.63. The van der Waals surface area contributed by atoms with Crippen molar-refractivity contribution in [3.63, 3.8) is 0 Å². The highest BCUT2D eigenvalue weighted by Crippen LogP contribution is 2.59. The van der Waals surface area contributed by atoms with E-state index in [1.807, 2.05) is 48.5 Å². The number of benzene rings is 2. The molecule has 0 spiro atoms. The molecule has 0 radical (unpaired) electrons. The zero-order valence-corrected chi connectivity index (χ0v) is 15.2. The number of esters is 2. The Morgan fingerprint density at radius 3 is 1.88 bits per heavy atom. The molecule has 5 heteroatoms. The van der Waals surface area contributed by atoms with E-state index in [2.05, 4.69) is 0 Å². The minimum absolute atomic E-state index is 0.110. The van der Waals surface area contributed by atoms with Gasteiger partial charge in [0, 0.05) is 11.8 Å². The van der Waals surface area contributed by atoms with Gasteiger partial charge in [-0.2, -0.15) is 0 Å². The predicted molar refractivity (Wildman–Crippen MR) is 97.3 cm³/mol. The molecule has 0 saturated heterocycles. The largest absolute Gasteiger partial charge is 0.466 e. The number of halogens is 1. The van der Waals surface area contributed by atoms with Crippen LogP contribution in [0.1, 0.15) is 28.2 Å². The molecule has 2 bridgehead atoms. The zero-order chi connectivity index (χ0) is 18.5. The van der Waals surface area contributed by atoms with Gasteiger partial charge in [0.05, 0.1) is 30.8 Å². The zero-order valence-electron chi connectivity index (χ0n) is 14.4. The Morgan fingerprint density at radius 2 is 1.42 bits per heavy atom. The molecule has 0 amide bonds. The third kappa shape index (κ3) is 1.91. The second kappa shape index (κ2) is 5.99. The molecular formula is C21H17ClO4. The fraction of sp³-hybridized carbons (Fsp3) is 0.238. The van der Waals surface area contributed by atoms with E-state index < -0.39 is 17.4 Å². The maximum atomic E-state index is 12.8. The Bertz CT molecular complexity index is 912. The van der Waals surface area contributed by atoms with Gasteiger partial charge < -0.3 is 9.47 Å². The quantitative estimate of drug-likeness (QED) is 0.616. The summed E-state index contributed by atoms with van der Waals surface area (Å²) in [5, 5.41) is 0. The number of ether oxygens (including phenoxy) is 2. The fourth-order valence-electron chi connectivity index (χ4n) is 4.47. The molecule has 26 heavy (non-hydrogen) atoms. The molecule has 3 aliphatic rings. The van der Waals surface area contributed by atoms with Gasteiger partial charge >= 0.3 is 11.9 Å². The minimum Gasteiger partial charge on any atom is -0.466 e. The third-order valence-corrected chi connectivity index (χ3v) is 5.84. The van der Waals surface area contributed by atoms with Gasteiger partial charge in [-0.1, -0.05) is 48.5 Å². The van der Waals surface area contributed by atoms with Gasteiger partial charge in [0.1, 0.15) is 0 Å². The van der Waals surface area contributed by atoms with Crippen molar-refractivity contribution in [2.45, 2.75) is 11.3 Å². The molecule has 2 aromatic rings. The normalized spacial score (nSPS) is 22.5. The Balaban J connectivity index is 2.19. The first-order valence-electron chi connectivity index (χ1n) is 8.27. The summed E-state index contributed by atoms with van der Waals surface area (Å²) in [6.45, 7) is 0. The van der Waals surface area contributed by atoms with Crippen LogP contribution in [0.15, 0.2) is 59.7 Å². The van der Waals surface area contributed by atoms with E-state index >= 15 is 0 Å². The standard InChI is InChI=1S/C21H17ClO4/c1-25-19(23)17-16-12-7-3-5-9-14(12)21(11-22,18(17)20(24)26-2)15-10-6-4-8-13(15)16/h3-10,16H,11H2,1-2H3. The molecule has 5 rings (SSSR count). The minimum atomic E-state index is -0.944. The van der Waals surface area contributed by atoms with Crippen LogP contribution >= 0.6 is 11.6 Å².